The molecule has 2 fully saturated rings. The fourth-order valence-corrected chi connectivity index (χ4v) is 2.79. The summed E-state index contributed by atoms with van der Waals surface area (Å²) in [5, 5.41) is 11.7. The average Bonchev–Trinajstić information content (AvgIpc) is 2.57. The SMILES string of the molecule is C=C(C)CN1CCC2(CC1)NC(=O)N(CCO)C2=O. The lowest BCUT2D eigenvalue weighted by molar-refractivity contribution is -0.133. The van der Waals surface area contributed by atoms with Crippen molar-refractivity contribution in [3.8, 4) is 0 Å². The molecule has 6 nitrogen and oxygen atoms in total. The molecule has 2 N–H and O–H groups in total. The third-order valence-corrected chi connectivity index (χ3v) is 3.77. The van der Waals surface area contributed by atoms with E-state index in [1.165, 1.54) is 0 Å². The first-order valence-corrected chi connectivity index (χ1v) is 6.60. The molecule has 2 heterocycles. The molecule has 0 aromatic heterocycles. The van der Waals surface area contributed by atoms with Crippen molar-refractivity contribution in [3.05, 3.63) is 12.2 Å². The van der Waals surface area contributed by atoms with E-state index < -0.39 is 5.54 Å². The Morgan fingerprint density at radius 1 is 1.42 bits per heavy atom. The Kier molecular flexibility index (Phi) is 3.91. The normalized spacial score (nSPS) is 22.9. The molecule has 0 bridgehead atoms. The summed E-state index contributed by atoms with van der Waals surface area (Å²) in [4.78, 5) is 27.4. The molecule has 0 unspecified atom stereocenters. The van der Waals surface area contributed by atoms with Gasteiger partial charge in [-0.3, -0.25) is 14.6 Å². The third-order valence-electron chi connectivity index (χ3n) is 3.77. The molecular formula is C13H21N3O3. The zero-order chi connectivity index (χ0) is 14.0. The topological polar surface area (TPSA) is 72.9 Å². The van der Waals surface area contributed by atoms with E-state index in [4.69, 9.17) is 5.11 Å². The number of likely N-dealkylation sites (tertiary alicyclic amines) is 1. The Morgan fingerprint density at radius 2 is 2.05 bits per heavy atom. The number of β-amino-alcohol motifs (C(OH)–C–C–N with tert-alkyl or cyclic N) is 1. The van der Waals surface area contributed by atoms with Gasteiger partial charge in [-0.1, -0.05) is 12.2 Å². The summed E-state index contributed by atoms with van der Waals surface area (Å²) in [6.45, 7) is 8.11. The molecule has 0 aromatic rings. The predicted octanol–water partition coefficient (Wildman–Crippen LogP) is -0.0588. The van der Waals surface area contributed by atoms with Crippen LogP contribution in [0.3, 0.4) is 0 Å². The van der Waals surface area contributed by atoms with Crippen LogP contribution in [-0.2, 0) is 4.79 Å². The van der Waals surface area contributed by atoms with Gasteiger partial charge in [-0.15, -0.1) is 0 Å². The number of hydrogen-bond acceptors (Lipinski definition) is 4. The lowest BCUT2D eigenvalue weighted by Gasteiger charge is -2.37. The van der Waals surface area contributed by atoms with E-state index in [0.29, 0.717) is 12.8 Å². The molecule has 2 rings (SSSR count). The average molecular weight is 267 g/mol. The zero-order valence-corrected chi connectivity index (χ0v) is 11.3. The van der Waals surface area contributed by atoms with E-state index in [2.05, 4.69) is 16.8 Å². The molecule has 0 aromatic carbocycles. The first-order chi connectivity index (χ1) is 8.98. The minimum atomic E-state index is -0.752. The highest BCUT2D eigenvalue weighted by atomic mass is 16.3. The van der Waals surface area contributed by atoms with Crippen LogP contribution in [-0.4, -0.2) is 65.2 Å². The maximum atomic E-state index is 12.3. The van der Waals surface area contributed by atoms with E-state index in [0.717, 1.165) is 30.1 Å². The van der Waals surface area contributed by atoms with Gasteiger partial charge in [0.15, 0.2) is 0 Å². The number of amides is 3. The minimum absolute atomic E-state index is 0.0713. The summed E-state index contributed by atoms with van der Waals surface area (Å²) in [5.41, 5.74) is 0.345. The molecule has 19 heavy (non-hydrogen) atoms. The number of hydrogen-bond donors (Lipinski definition) is 2. The fourth-order valence-electron chi connectivity index (χ4n) is 2.79. The van der Waals surface area contributed by atoms with Crippen LogP contribution in [0.1, 0.15) is 19.8 Å². The Balaban J connectivity index is 2.01. The molecule has 0 saturated carbocycles. The first kappa shape index (κ1) is 14.0. The van der Waals surface area contributed by atoms with Crippen LogP contribution in [0.4, 0.5) is 4.79 Å². The fraction of sp³-hybridized carbons (Fsp3) is 0.692. The van der Waals surface area contributed by atoms with Crippen molar-refractivity contribution in [1.82, 2.24) is 15.1 Å². The number of nitrogens with one attached hydrogen (secondary N) is 1. The Labute approximate surface area is 113 Å². The number of rotatable bonds is 4. The number of carbonyl (C=O) groups is 2. The van der Waals surface area contributed by atoms with Crippen LogP contribution in [0.5, 0.6) is 0 Å². The van der Waals surface area contributed by atoms with E-state index in [1.54, 1.807) is 0 Å². The molecule has 0 atom stereocenters. The molecule has 1 spiro atoms. The van der Waals surface area contributed by atoms with E-state index in [-0.39, 0.29) is 25.1 Å². The van der Waals surface area contributed by atoms with E-state index in [9.17, 15) is 9.59 Å². The highest BCUT2D eigenvalue weighted by Gasteiger charge is 2.51. The highest BCUT2D eigenvalue weighted by Crippen LogP contribution is 2.29. The van der Waals surface area contributed by atoms with Crippen LogP contribution in [0, 0.1) is 0 Å². The Bertz CT molecular complexity index is 400. The molecule has 0 aliphatic carbocycles. The molecule has 6 heteroatoms. The quantitative estimate of drug-likeness (QED) is 0.553. The molecule has 2 saturated heterocycles. The number of aliphatic hydroxyl groups is 1. The maximum Gasteiger partial charge on any atom is 0.325 e. The first-order valence-electron chi connectivity index (χ1n) is 6.60. The van der Waals surface area contributed by atoms with Crippen molar-refractivity contribution < 1.29 is 14.7 Å². The standard InChI is InChI=1S/C13H21N3O3/c1-10(2)9-15-5-3-13(4-6-15)11(18)16(7-8-17)12(19)14-13/h17H,1,3-9H2,2H3,(H,14,19). The van der Waals surface area contributed by atoms with Crippen molar-refractivity contribution in [3.63, 3.8) is 0 Å². The highest BCUT2D eigenvalue weighted by molar-refractivity contribution is 6.07. The number of urea groups is 1. The molecule has 106 valence electrons. The van der Waals surface area contributed by atoms with E-state index in [1.807, 2.05) is 6.92 Å². The Morgan fingerprint density at radius 3 is 2.58 bits per heavy atom. The third kappa shape index (κ3) is 2.64. The summed E-state index contributed by atoms with van der Waals surface area (Å²) in [6.07, 6.45) is 1.24. The Hall–Kier alpha value is -1.40. The second-order valence-corrected chi connectivity index (χ2v) is 5.43. The van der Waals surface area contributed by atoms with Crippen LogP contribution in [0.15, 0.2) is 12.2 Å². The van der Waals surface area contributed by atoms with E-state index >= 15 is 0 Å². The minimum Gasteiger partial charge on any atom is -0.395 e. The van der Waals surface area contributed by atoms with Gasteiger partial charge in [0.05, 0.1) is 13.2 Å². The van der Waals surface area contributed by atoms with Crippen molar-refractivity contribution in [2.75, 3.05) is 32.8 Å². The van der Waals surface area contributed by atoms with Gasteiger partial charge < -0.3 is 10.4 Å². The molecule has 3 amide bonds. The van der Waals surface area contributed by atoms with Gasteiger partial charge in [0.2, 0.25) is 0 Å². The van der Waals surface area contributed by atoms with Crippen LogP contribution < -0.4 is 5.32 Å². The van der Waals surface area contributed by atoms with Crippen LogP contribution in [0.2, 0.25) is 0 Å². The predicted molar refractivity (Wildman–Crippen MR) is 70.5 cm³/mol. The number of carbonyl (C=O) groups excluding carboxylic acids is 2. The smallest absolute Gasteiger partial charge is 0.325 e. The van der Waals surface area contributed by atoms with Gasteiger partial charge in [-0.05, 0) is 19.8 Å². The number of imide groups is 1. The molecular weight excluding hydrogens is 246 g/mol. The lowest BCUT2D eigenvalue weighted by Crippen LogP contribution is -2.55. The maximum absolute atomic E-state index is 12.3. The van der Waals surface area contributed by atoms with Crippen molar-refractivity contribution in [2.45, 2.75) is 25.3 Å². The summed E-state index contributed by atoms with van der Waals surface area (Å²) in [5.74, 6) is -0.193. The van der Waals surface area contributed by atoms with Gasteiger partial charge in [0.1, 0.15) is 5.54 Å². The van der Waals surface area contributed by atoms with Gasteiger partial charge in [0, 0.05) is 19.6 Å². The second-order valence-electron chi connectivity index (χ2n) is 5.43. The second kappa shape index (κ2) is 5.30. The van der Waals surface area contributed by atoms with Gasteiger partial charge in [0.25, 0.3) is 5.91 Å². The number of nitrogens with zero attached hydrogens (tertiary/aromatic N) is 2. The van der Waals surface area contributed by atoms with Crippen molar-refractivity contribution >= 4 is 11.9 Å². The zero-order valence-electron chi connectivity index (χ0n) is 11.3. The van der Waals surface area contributed by atoms with Gasteiger partial charge in [-0.2, -0.15) is 0 Å². The summed E-state index contributed by atoms with van der Waals surface area (Å²) < 4.78 is 0. The van der Waals surface area contributed by atoms with Gasteiger partial charge >= 0.3 is 6.03 Å². The summed E-state index contributed by atoms with van der Waals surface area (Å²) in [7, 11) is 0. The largest absolute Gasteiger partial charge is 0.395 e. The number of piperidine rings is 1. The van der Waals surface area contributed by atoms with Crippen LogP contribution in [0.25, 0.3) is 0 Å². The van der Waals surface area contributed by atoms with Crippen molar-refractivity contribution in [2.24, 2.45) is 0 Å². The summed E-state index contributed by atoms with van der Waals surface area (Å²) >= 11 is 0. The lowest BCUT2D eigenvalue weighted by atomic mass is 9.87. The number of aliphatic hydroxyl groups excluding tert-OH is 1. The van der Waals surface area contributed by atoms with Gasteiger partial charge in [-0.25, -0.2) is 4.79 Å². The molecule has 0 radical (unpaired) electrons. The monoisotopic (exact) mass is 267 g/mol. The van der Waals surface area contributed by atoms with Crippen molar-refractivity contribution in [1.29, 1.82) is 0 Å². The summed E-state index contributed by atoms with van der Waals surface area (Å²) in [6, 6.07) is -0.382. The van der Waals surface area contributed by atoms with Crippen LogP contribution >= 0.6 is 0 Å². The molecule has 2 aliphatic heterocycles. The molecule has 2 aliphatic rings.